The third-order valence-electron chi connectivity index (χ3n) is 4.21. The van der Waals surface area contributed by atoms with Gasteiger partial charge in [-0.15, -0.1) is 0 Å². The zero-order valence-electron chi connectivity index (χ0n) is 11.8. The number of hydrogen-bond donors (Lipinski definition) is 0. The SMILES string of the molecule is COC(=O)C1CCCN(C(=O)C2(C#N)CCOCC2)C1. The summed E-state index contributed by atoms with van der Waals surface area (Å²) < 4.78 is 10.00. The minimum Gasteiger partial charge on any atom is -0.469 e. The number of methoxy groups -OCH3 is 1. The van der Waals surface area contributed by atoms with Gasteiger partial charge in [-0.3, -0.25) is 9.59 Å². The summed E-state index contributed by atoms with van der Waals surface area (Å²) in [4.78, 5) is 25.9. The number of amides is 1. The molecule has 2 aliphatic heterocycles. The van der Waals surface area contributed by atoms with E-state index in [1.54, 1.807) is 4.90 Å². The first-order chi connectivity index (χ1) is 9.63. The number of nitriles is 1. The van der Waals surface area contributed by atoms with Crippen LogP contribution < -0.4 is 0 Å². The molecule has 0 aromatic rings. The van der Waals surface area contributed by atoms with Crippen LogP contribution in [0.25, 0.3) is 0 Å². The number of esters is 1. The van der Waals surface area contributed by atoms with E-state index in [2.05, 4.69) is 6.07 Å². The first-order valence-electron chi connectivity index (χ1n) is 6.99. The summed E-state index contributed by atoms with van der Waals surface area (Å²) in [5.74, 6) is -0.703. The fourth-order valence-corrected chi connectivity index (χ4v) is 2.92. The van der Waals surface area contributed by atoms with Crippen LogP contribution in [0.4, 0.5) is 0 Å². The Morgan fingerprint density at radius 2 is 2.10 bits per heavy atom. The van der Waals surface area contributed by atoms with E-state index >= 15 is 0 Å². The van der Waals surface area contributed by atoms with E-state index in [0.29, 0.717) is 39.1 Å². The van der Waals surface area contributed by atoms with E-state index < -0.39 is 5.41 Å². The Morgan fingerprint density at radius 3 is 2.70 bits per heavy atom. The molecule has 110 valence electrons. The standard InChI is InChI=1S/C14H20N2O4/c1-19-12(17)11-3-2-6-16(9-11)13(18)14(10-15)4-7-20-8-5-14/h11H,2-9H2,1H3. The van der Waals surface area contributed by atoms with Crippen LogP contribution in [0.2, 0.25) is 0 Å². The molecule has 0 N–H and O–H groups in total. The maximum Gasteiger partial charge on any atom is 0.310 e. The van der Waals surface area contributed by atoms with E-state index in [1.807, 2.05) is 0 Å². The molecule has 1 amide bonds. The van der Waals surface area contributed by atoms with Gasteiger partial charge in [0.25, 0.3) is 0 Å². The molecule has 0 aromatic heterocycles. The Bertz CT molecular complexity index is 423. The van der Waals surface area contributed by atoms with Gasteiger partial charge in [0.15, 0.2) is 0 Å². The second kappa shape index (κ2) is 6.23. The quantitative estimate of drug-likeness (QED) is 0.696. The molecular weight excluding hydrogens is 260 g/mol. The van der Waals surface area contributed by atoms with Crippen LogP contribution in [0.1, 0.15) is 25.7 Å². The Hall–Kier alpha value is -1.61. The predicted octanol–water partition coefficient (Wildman–Crippen LogP) is 0.718. The first kappa shape index (κ1) is 14.8. The van der Waals surface area contributed by atoms with Crippen molar-refractivity contribution < 1.29 is 19.1 Å². The lowest BCUT2D eigenvalue weighted by Crippen LogP contribution is -2.50. The molecule has 0 bridgehead atoms. The summed E-state index contributed by atoms with van der Waals surface area (Å²) in [5, 5.41) is 9.42. The van der Waals surface area contributed by atoms with Crippen LogP contribution in [0.3, 0.4) is 0 Å². The number of hydrogen-bond acceptors (Lipinski definition) is 5. The highest BCUT2D eigenvalue weighted by Crippen LogP contribution is 2.33. The lowest BCUT2D eigenvalue weighted by atomic mass is 9.79. The van der Waals surface area contributed by atoms with Crippen molar-refractivity contribution in [1.82, 2.24) is 4.90 Å². The second-order valence-electron chi connectivity index (χ2n) is 5.42. The van der Waals surface area contributed by atoms with E-state index in [0.717, 1.165) is 12.8 Å². The van der Waals surface area contributed by atoms with E-state index in [-0.39, 0.29) is 17.8 Å². The number of carbonyl (C=O) groups excluding carboxylic acids is 2. The number of nitrogens with zero attached hydrogens (tertiary/aromatic N) is 2. The summed E-state index contributed by atoms with van der Waals surface area (Å²) in [5.41, 5.74) is -0.976. The molecule has 2 heterocycles. The molecule has 1 atom stereocenters. The molecule has 20 heavy (non-hydrogen) atoms. The normalized spacial score (nSPS) is 25.6. The molecule has 2 aliphatic rings. The number of piperidine rings is 1. The van der Waals surface area contributed by atoms with Crippen LogP contribution in [0.5, 0.6) is 0 Å². The summed E-state index contributed by atoms with van der Waals surface area (Å²) in [7, 11) is 1.36. The third-order valence-corrected chi connectivity index (χ3v) is 4.21. The van der Waals surface area contributed by atoms with Crippen molar-refractivity contribution in [2.75, 3.05) is 33.4 Å². The third kappa shape index (κ3) is 2.78. The second-order valence-corrected chi connectivity index (χ2v) is 5.42. The Morgan fingerprint density at radius 1 is 1.40 bits per heavy atom. The maximum atomic E-state index is 12.7. The molecular formula is C14H20N2O4. The van der Waals surface area contributed by atoms with Gasteiger partial charge in [-0.2, -0.15) is 5.26 Å². The number of likely N-dealkylation sites (tertiary alicyclic amines) is 1. The van der Waals surface area contributed by atoms with Crippen molar-refractivity contribution in [3.8, 4) is 6.07 Å². The lowest BCUT2D eigenvalue weighted by molar-refractivity contribution is -0.152. The summed E-state index contributed by atoms with van der Waals surface area (Å²) in [6.45, 7) is 1.84. The Kier molecular flexibility index (Phi) is 4.61. The monoisotopic (exact) mass is 280 g/mol. The molecule has 0 aliphatic carbocycles. The first-order valence-corrected chi connectivity index (χ1v) is 6.99. The molecule has 0 aromatic carbocycles. The topological polar surface area (TPSA) is 79.6 Å². The lowest BCUT2D eigenvalue weighted by Gasteiger charge is -2.38. The molecule has 2 rings (SSSR count). The van der Waals surface area contributed by atoms with E-state index in [1.165, 1.54) is 7.11 Å². The smallest absolute Gasteiger partial charge is 0.310 e. The molecule has 0 saturated carbocycles. The molecule has 6 heteroatoms. The molecule has 2 fully saturated rings. The van der Waals surface area contributed by atoms with Gasteiger partial charge in [-0.1, -0.05) is 0 Å². The minimum atomic E-state index is -0.976. The molecule has 2 saturated heterocycles. The minimum absolute atomic E-state index is 0.156. The average Bonchev–Trinajstić information content (AvgIpc) is 2.54. The van der Waals surface area contributed by atoms with Gasteiger partial charge in [0, 0.05) is 26.3 Å². The fraction of sp³-hybridized carbons (Fsp3) is 0.786. The van der Waals surface area contributed by atoms with Crippen molar-refractivity contribution in [3.05, 3.63) is 0 Å². The van der Waals surface area contributed by atoms with E-state index in [9.17, 15) is 14.9 Å². The van der Waals surface area contributed by atoms with Crippen molar-refractivity contribution in [2.45, 2.75) is 25.7 Å². The largest absolute Gasteiger partial charge is 0.469 e. The van der Waals surface area contributed by atoms with Gasteiger partial charge < -0.3 is 14.4 Å². The zero-order valence-corrected chi connectivity index (χ0v) is 11.8. The molecule has 1 unspecified atom stereocenters. The highest BCUT2D eigenvalue weighted by molar-refractivity contribution is 5.86. The van der Waals surface area contributed by atoms with Gasteiger partial charge in [0.2, 0.25) is 5.91 Å². The molecule has 0 spiro atoms. The number of carbonyl (C=O) groups is 2. The molecule has 6 nitrogen and oxygen atoms in total. The Balaban J connectivity index is 2.08. The van der Waals surface area contributed by atoms with E-state index in [4.69, 9.17) is 9.47 Å². The summed E-state index contributed by atoms with van der Waals surface area (Å²) in [6, 6.07) is 2.19. The average molecular weight is 280 g/mol. The summed E-state index contributed by atoms with van der Waals surface area (Å²) >= 11 is 0. The fourth-order valence-electron chi connectivity index (χ4n) is 2.92. The summed E-state index contributed by atoms with van der Waals surface area (Å²) in [6.07, 6.45) is 2.37. The van der Waals surface area contributed by atoms with Crippen molar-refractivity contribution in [2.24, 2.45) is 11.3 Å². The number of rotatable bonds is 2. The van der Waals surface area contributed by atoms with Crippen molar-refractivity contribution in [1.29, 1.82) is 5.26 Å². The Labute approximate surface area is 118 Å². The van der Waals surface area contributed by atoms with Gasteiger partial charge in [0.1, 0.15) is 5.41 Å². The predicted molar refractivity (Wildman–Crippen MR) is 69.4 cm³/mol. The highest BCUT2D eigenvalue weighted by Gasteiger charge is 2.44. The van der Waals surface area contributed by atoms with Crippen LogP contribution in [-0.2, 0) is 19.1 Å². The van der Waals surface area contributed by atoms with Crippen LogP contribution in [0, 0.1) is 22.7 Å². The van der Waals surface area contributed by atoms with Crippen molar-refractivity contribution in [3.63, 3.8) is 0 Å². The van der Waals surface area contributed by atoms with Crippen LogP contribution in [0.15, 0.2) is 0 Å². The number of ether oxygens (including phenoxy) is 2. The molecule has 0 radical (unpaired) electrons. The van der Waals surface area contributed by atoms with Gasteiger partial charge in [-0.25, -0.2) is 0 Å². The van der Waals surface area contributed by atoms with Gasteiger partial charge in [-0.05, 0) is 25.7 Å². The van der Waals surface area contributed by atoms with Crippen molar-refractivity contribution >= 4 is 11.9 Å². The zero-order chi connectivity index (χ0) is 14.6. The van der Waals surface area contributed by atoms with Crippen LogP contribution in [-0.4, -0.2) is 50.2 Å². The highest BCUT2D eigenvalue weighted by atomic mass is 16.5. The van der Waals surface area contributed by atoms with Gasteiger partial charge in [0.05, 0.1) is 19.1 Å². The van der Waals surface area contributed by atoms with Crippen LogP contribution >= 0.6 is 0 Å². The maximum absolute atomic E-state index is 12.7. The van der Waals surface area contributed by atoms with Gasteiger partial charge >= 0.3 is 5.97 Å².